The van der Waals surface area contributed by atoms with Crippen LogP contribution in [0.5, 0.6) is 0 Å². The van der Waals surface area contributed by atoms with Gasteiger partial charge >= 0.3 is 7.60 Å². The van der Waals surface area contributed by atoms with Crippen molar-refractivity contribution in [1.82, 2.24) is 0 Å². The molecule has 2 atom stereocenters. The first-order valence-corrected chi connectivity index (χ1v) is 8.56. The molecule has 1 fully saturated rings. The fourth-order valence-electron chi connectivity index (χ4n) is 2.87. The molecule has 2 heterocycles. The molecule has 0 aliphatic carbocycles. The number of ether oxygens (including phenoxy) is 1. The van der Waals surface area contributed by atoms with E-state index in [1.54, 1.807) is 20.9 Å². The Hall–Kier alpha value is -1.20. The third-order valence-corrected chi connectivity index (χ3v) is 6.06. The number of epoxide rings is 1. The van der Waals surface area contributed by atoms with E-state index in [1.807, 2.05) is 24.3 Å². The molecule has 21 heavy (non-hydrogen) atoms. The number of hydrogen-bond acceptors (Lipinski definition) is 5. The lowest BCUT2D eigenvalue weighted by molar-refractivity contribution is -0.122. The van der Waals surface area contributed by atoms with Gasteiger partial charge in [0.15, 0.2) is 0 Å². The van der Waals surface area contributed by atoms with Gasteiger partial charge in [-0.25, -0.2) is 0 Å². The molecule has 7 heteroatoms. The highest BCUT2D eigenvalue weighted by Gasteiger charge is 2.76. The molecule has 6 nitrogen and oxygen atoms in total. The van der Waals surface area contributed by atoms with Crippen molar-refractivity contribution in [1.29, 1.82) is 0 Å². The lowest BCUT2D eigenvalue weighted by Gasteiger charge is -2.16. The van der Waals surface area contributed by atoms with Crippen LogP contribution in [0.3, 0.4) is 0 Å². The van der Waals surface area contributed by atoms with Crippen LogP contribution in [0.4, 0.5) is 5.69 Å². The van der Waals surface area contributed by atoms with Crippen LogP contribution in [-0.4, -0.2) is 32.0 Å². The van der Waals surface area contributed by atoms with Crippen molar-refractivity contribution >= 4 is 19.2 Å². The van der Waals surface area contributed by atoms with E-state index in [1.165, 1.54) is 4.90 Å². The third kappa shape index (κ3) is 1.90. The number of rotatable bonds is 5. The molecule has 114 valence electrons. The number of likely N-dealkylation sites (N-methyl/N-ethyl adjacent to an activating group) is 1. The van der Waals surface area contributed by atoms with Gasteiger partial charge in [-0.05, 0) is 19.9 Å². The van der Waals surface area contributed by atoms with E-state index in [0.29, 0.717) is 0 Å². The van der Waals surface area contributed by atoms with E-state index >= 15 is 0 Å². The van der Waals surface area contributed by atoms with Gasteiger partial charge in [0.05, 0.1) is 18.9 Å². The van der Waals surface area contributed by atoms with Gasteiger partial charge in [0.2, 0.25) is 11.4 Å². The molecule has 0 radical (unpaired) electrons. The molecule has 2 aliphatic rings. The normalized spacial score (nSPS) is 27.3. The summed E-state index contributed by atoms with van der Waals surface area (Å²) in [5, 5.41) is 0. The van der Waals surface area contributed by atoms with Crippen LogP contribution in [0.1, 0.15) is 19.4 Å². The van der Waals surface area contributed by atoms with Gasteiger partial charge < -0.3 is 18.7 Å². The maximum Gasteiger partial charge on any atom is 0.363 e. The van der Waals surface area contributed by atoms with Gasteiger partial charge in [0.1, 0.15) is 0 Å². The van der Waals surface area contributed by atoms with Gasteiger partial charge in [0, 0.05) is 12.6 Å². The van der Waals surface area contributed by atoms with Crippen molar-refractivity contribution in [3.63, 3.8) is 0 Å². The molecule has 0 unspecified atom stereocenters. The van der Waals surface area contributed by atoms with Gasteiger partial charge in [-0.1, -0.05) is 18.2 Å². The zero-order chi connectivity index (χ0) is 15.3. The summed E-state index contributed by atoms with van der Waals surface area (Å²) in [7, 11) is -1.80. The third-order valence-electron chi connectivity index (χ3n) is 3.78. The molecule has 3 rings (SSSR count). The Morgan fingerprint density at radius 1 is 1.29 bits per heavy atom. The van der Waals surface area contributed by atoms with Crippen LogP contribution in [-0.2, 0) is 28.7 Å². The van der Waals surface area contributed by atoms with Crippen molar-refractivity contribution in [2.45, 2.75) is 25.3 Å². The fraction of sp³-hybridized carbons (Fsp3) is 0.500. The van der Waals surface area contributed by atoms with Gasteiger partial charge in [-0.15, -0.1) is 0 Å². The summed E-state index contributed by atoms with van der Waals surface area (Å²) >= 11 is 0. The van der Waals surface area contributed by atoms with Crippen LogP contribution in [0, 0.1) is 0 Å². The SMILES string of the molecule is CCOP(=O)(OCC)[C@@H]1O[C@]12C(=O)N(C)c1ccccc12. The Morgan fingerprint density at radius 3 is 2.52 bits per heavy atom. The number of para-hydroxylation sites is 1. The number of amides is 1. The van der Waals surface area contributed by atoms with Gasteiger partial charge in [-0.3, -0.25) is 9.36 Å². The lowest BCUT2D eigenvalue weighted by atomic mass is 10.0. The second kappa shape index (κ2) is 4.92. The average Bonchev–Trinajstić information content (AvgIpc) is 3.19. The first-order valence-electron chi connectivity index (χ1n) is 6.95. The van der Waals surface area contributed by atoms with Crippen molar-refractivity contribution in [2.75, 3.05) is 25.2 Å². The van der Waals surface area contributed by atoms with Gasteiger partial charge in [0.25, 0.3) is 5.91 Å². The minimum Gasteiger partial charge on any atom is -0.337 e. The molecule has 1 aromatic carbocycles. The first-order chi connectivity index (χ1) is 10.0. The smallest absolute Gasteiger partial charge is 0.337 e. The second-order valence-electron chi connectivity index (χ2n) is 4.96. The van der Waals surface area contributed by atoms with Crippen LogP contribution in [0.15, 0.2) is 24.3 Å². The zero-order valence-electron chi connectivity index (χ0n) is 12.2. The number of nitrogens with zero attached hydrogens (tertiary/aromatic N) is 1. The summed E-state index contributed by atoms with van der Waals surface area (Å²) in [4.78, 5) is 14.1. The van der Waals surface area contributed by atoms with E-state index in [0.717, 1.165) is 11.3 Å². The maximum absolute atomic E-state index is 12.9. The molecule has 2 aliphatic heterocycles. The first kappa shape index (κ1) is 14.7. The van der Waals surface area contributed by atoms with E-state index < -0.39 is 19.0 Å². The van der Waals surface area contributed by atoms with Crippen molar-refractivity contribution in [3.8, 4) is 0 Å². The number of hydrogen-bond donors (Lipinski definition) is 0. The van der Waals surface area contributed by atoms with E-state index in [4.69, 9.17) is 13.8 Å². The number of carbonyl (C=O) groups is 1. The van der Waals surface area contributed by atoms with Crippen molar-refractivity contribution in [3.05, 3.63) is 29.8 Å². The highest BCUT2D eigenvalue weighted by atomic mass is 31.2. The molecule has 1 aromatic rings. The monoisotopic (exact) mass is 311 g/mol. The Bertz CT molecular complexity index is 624. The molecule has 0 aromatic heterocycles. The van der Waals surface area contributed by atoms with Crippen LogP contribution in [0.2, 0.25) is 0 Å². The molecule has 1 saturated heterocycles. The standard InChI is InChI=1S/C14H18NO5P/c1-4-18-21(17,19-5-2)13-14(20-13)10-8-6-7-9-11(10)15(3)12(14)16/h6-9,13H,4-5H2,1-3H3/t13-,14+/m0/s1. The topological polar surface area (TPSA) is 68.4 Å². The quantitative estimate of drug-likeness (QED) is 0.617. The largest absolute Gasteiger partial charge is 0.363 e. The molecule has 1 amide bonds. The summed E-state index contributed by atoms with van der Waals surface area (Å²) in [6.45, 7) is 3.94. The van der Waals surface area contributed by atoms with Crippen molar-refractivity contribution < 1.29 is 23.1 Å². The summed E-state index contributed by atoms with van der Waals surface area (Å²) in [6, 6.07) is 7.34. The Labute approximate surface area is 123 Å². The van der Waals surface area contributed by atoms with Gasteiger partial charge in [-0.2, -0.15) is 0 Å². The summed E-state index contributed by atoms with van der Waals surface area (Å²) in [5.41, 5.74) is 0.275. The number of benzene rings is 1. The van der Waals surface area contributed by atoms with E-state index in [9.17, 15) is 9.36 Å². The number of anilines is 1. The zero-order valence-corrected chi connectivity index (χ0v) is 13.1. The predicted octanol–water partition coefficient (Wildman–Crippen LogP) is 2.48. The minimum absolute atomic E-state index is 0.228. The highest BCUT2D eigenvalue weighted by molar-refractivity contribution is 7.55. The van der Waals surface area contributed by atoms with Crippen molar-refractivity contribution in [2.24, 2.45) is 0 Å². The summed E-state index contributed by atoms with van der Waals surface area (Å²) in [6.07, 6.45) is 0. The van der Waals surface area contributed by atoms with Crippen LogP contribution < -0.4 is 4.90 Å². The van der Waals surface area contributed by atoms with Crippen LogP contribution >= 0.6 is 7.60 Å². The number of fused-ring (bicyclic) bond motifs is 2. The fourth-order valence-corrected chi connectivity index (χ4v) is 4.92. The Balaban J connectivity index is 2.02. The molecule has 1 spiro atoms. The summed E-state index contributed by atoms with van der Waals surface area (Å²) in [5.74, 6) is -1.10. The molecule has 0 bridgehead atoms. The maximum atomic E-state index is 12.9. The Kier molecular flexibility index (Phi) is 3.45. The predicted molar refractivity (Wildman–Crippen MR) is 77.3 cm³/mol. The second-order valence-corrected chi connectivity index (χ2v) is 7.03. The molecule has 0 saturated carbocycles. The summed E-state index contributed by atoms with van der Waals surface area (Å²) < 4.78 is 29.1. The van der Waals surface area contributed by atoms with E-state index in [-0.39, 0.29) is 19.1 Å². The highest BCUT2D eigenvalue weighted by Crippen LogP contribution is 2.71. The van der Waals surface area contributed by atoms with E-state index in [2.05, 4.69) is 0 Å². The lowest BCUT2D eigenvalue weighted by Crippen LogP contribution is -2.31. The molecular formula is C14H18NO5P. The average molecular weight is 311 g/mol. The van der Waals surface area contributed by atoms with Crippen LogP contribution in [0.25, 0.3) is 0 Å². The number of carbonyl (C=O) groups excluding carboxylic acids is 1. The molecular weight excluding hydrogens is 293 g/mol. The Morgan fingerprint density at radius 2 is 1.90 bits per heavy atom. The molecule has 0 N–H and O–H groups in total. The minimum atomic E-state index is -3.48.